The Bertz CT molecular complexity index is 503. The van der Waals surface area contributed by atoms with Crippen LogP contribution < -0.4 is 0 Å². The van der Waals surface area contributed by atoms with E-state index in [-0.39, 0.29) is 0 Å². The van der Waals surface area contributed by atoms with Crippen molar-refractivity contribution < 1.29 is 0 Å². The standard InChI is InChI=1S/C11H11N3/c1-8(2)9-3-4-14-10(6-12)7-13-11(14)5-9/h3-5,7-8H,1-2H3. The molecule has 70 valence electrons. The van der Waals surface area contributed by atoms with Crippen LogP contribution in [0.1, 0.15) is 31.0 Å². The van der Waals surface area contributed by atoms with Crippen molar-refractivity contribution in [2.45, 2.75) is 19.8 Å². The van der Waals surface area contributed by atoms with Crippen molar-refractivity contribution in [2.24, 2.45) is 0 Å². The third kappa shape index (κ3) is 1.25. The largest absolute Gasteiger partial charge is 0.291 e. The number of nitrogens with zero attached hydrogens (tertiary/aromatic N) is 3. The highest BCUT2D eigenvalue weighted by Gasteiger charge is 2.04. The van der Waals surface area contributed by atoms with Crippen LogP contribution in [0.5, 0.6) is 0 Å². The SMILES string of the molecule is CC(C)c1ccn2c(C#N)cnc2c1. The van der Waals surface area contributed by atoms with Gasteiger partial charge >= 0.3 is 0 Å². The highest BCUT2D eigenvalue weighted by Crippen LogP contribution is 2.16. The molecular formula is C11H11N3. The fourth-order valence-electron chi connectivity index (χ4n) is 1.44. The first-order chi connectivity index (χ1) is 6.72. The molecule has 0 atom stereocenters. The maximum absolute atomic E-state index is 8.79. The monoisotopic (exact) mass is 185 g/mol. The van der Waals surface area contributed by atoms with Crippen molar-refractivity contribution in [1.82, 2.24) is 9.38 Å². The first kappa shape index (κ1) is 8.76. The van der Waals surface area contributed by atoms with E-state index in [9.17, 15) is 0 Å². The summed E-state index contributed by atoms with van der Waals surface area (Å²) >= 11 is 0. The van der Waals surface area contributed by atoms with E-state index in [1.54, 1.807) is 10.6 Å². The number of fused-ring (bicyclic) bond motifs is 1. The van der Waals surface area contributed by atoms with E-state index in [4.69, 9.17) is 5.26 Å². The quantitative estimate of drug-likeness (QED) is 0.684. The molecule has 0 aliphatic rings. The minimum atomic E-state index is 0.488. The summed E-state index contributed by atoms with van der Waals surface area (Å²) in [5.41, 5.74) is 2.66. The van der Waals surface area contributed by atoms with E-state index in [0.717, 1.165) is 5.65 Å². The second-order valence-electron chi connectivity index (χ2n) is 3.60. The minimum Gasteiger partial charge on any atom is -0.291 e. The van der Waals surface area contributed by atoms with Gasteiger partial charge in [0, 0.05) is 6.20 Å². The van der Waals surface area contributed by atoms with Crippen molar-refractivity contribution in [3.63, 3.8) is 0 Å². The number of aromatic nitrogens is 2. The third-order valence-corrected chi connectivity index (χ3v) is 2.32. The maximum atomic E-state index is 8.79. The molecule has 2 heterocycles. The lowest BCUT2D eigenvalue weighted by Gasteiger charge is -2.04. The first-order valence-corrected chi connectivity index (χ1v) is 4.59. The van der Waals surface area contributed by atoms with Crippen LogP contribution in [0.2, 0.25) is 0 Å². The molecule has 0 aliphatic carbocycles. The number of rotatable bonds is 1. The molecule has 2 aromatic rings. The predicted molar refractivity (Wildman–Crippen MR) is 54.0 cm³/mol. The van der Waals surface area contributed by atoms with Gasteiger partial charge in [0.1, 0.15) is 17.4 Å². The van der Waals surface area contributed by atoms with Crippen LogP contribution in [-0.4, -0.2) is 9.38 Å². The molecule has 0 bridgehead atoms. The van der Waals surface area contributed by atoms with Gasteiger partial charge in [-0.1, -0.05) is 13.8 Å². The second kappa shape index (κ2) is 3.15. The minimum absolute atomic E-state index is 0.488. The van der Waals surface area contributed by atoms with Crippen LogP contribution in [-0.2, 0) is 0 Å². The van der Waals surface area contributed by atoms with Crippen molar-refractivity contribution in [3.05, 3.63) is 35.8 Å². The van der Waals surface area contributed by atoms with Crippen molar-refractivity contribution in [1.29, 1.82) is 5.26 Å². The summed E-state index contributed by atoms with van der Waals surface area (Å²) in [5.74, 6) is 0.488. The average Bonchev–Trinajstić information content (AvgIpc) is 2.59. The lowest BCUT2D eigenvalue weighted by atomic mass is 10.1. The second-order valence-corrected chi connectivity index (χ2v) is 3.60. The van der Waals surface area contributed by atoms with Crippen molar-refractivity contribution >= 4 is 5.65 Å². The van der Waals surface area contributed by atoms with Gasteiger partial charge in [-0.05, 0) is 23.6 Å². The molecule has 0 spiro atoms. The maximum Gasteiger partial charge on any atom is 0.144 e. The predicted octanol–water partition coefficient (Wildman–Crippen LogP) is 2.33. The normalized spacial score (nSPS) is 10.7. The van der Waals surface area contributed by atoms with Crippen LogP contribution in [0.4, 0.5) is 0 Å². The van der Waals surface area contributed by atoms with Gasteiger partial charge in [-0.2, -0.15) is 5.26 Å². The Morgan fingerprint density at radius 3 is 2.93 bits per heavy atom. The molecule has 0 radical (unpaired) electrons. The van der Waals surface area contributed by atoms with Crippen LogP contribution in [0, 0.1) is 11.3 Å². The van der Waals surface area contributed by atoms with Crippen LogP contribution in [0.3, 0.4) is 0 Å². The Labute approximate surface area is 82.6 Å². The molecule has 3 nitrogen and oxygen atoms in total. The Kier molecular flexibility index (Phi) is 1.97. The van der Waals surface area contributed by atoms with Crippen molar-refractivity contribution in [2.75, 3.05) is 0 Å². The molecule has 0 aromatic carbocycles. The van der Waals surface area contributed by atoms with Crippen LogP contribution in [0.25, 0.3) is 5.65 Å². The molecule has 0 amide bonds. The molecule has 0 N–H and O–H groups in total. The highest BCUT2D eigenvalue weighted by molar-refractivity contribution is 5.46. The Morgan fingerprint density at radius 2 is 2.29 bits per heavy atom. The van der Waals surface area contributed by atoms with E-state index in [2.05, 4.69) is 24.9 Å². The molecule has 2 aromatic heterocycles. The first-order valence-electron chi connectivity index (χ1n) is 4.59. The topological polar surface area (TPSA) is 41.1 Å². The van der Waals surface area contributed by atoms with Gasteiger partial charge in [0.15, 0.2) is 0 Å². The summed E-state index contributed by atoms with van der Waals surface area (Å²) in [6.07, 6.45) is 3.50. The zero-order valence-electron chi connectivity index (χ0n) is 8.23. The zero-order chi connectivity index (χ0) is 10.1. The average molecular weight is 185 g/mol. The lowest BCUT2D eigenvalue weighted by molar-refractivity contribution is 0.862. The molecule has 0 aliphatic heterocycles. The van der Waals surface area contributed by atoms with Gasteiger partial charge in [-0.3, -0.25) is 4.40 Å². The summed E-state index contributed by atoms with van der Waals surface area (Å²) in [6.45, 7) is 4.28. The summed E-state index contributed by atoms with van der Waals surface area (Å²) in [7, 11) is 0. The van der Waals surface area contributed by atoms with Gasteiger partial charge in [0.2, 0.25) is 0 Å². The summed E-state index contributed by atoms with van der Waals surface area (Å²) < 4.78 is 1.80. The summed E-state index contributed by atoms with van der Waals surface area (Å²) in [6, 6.07) is 6.15. The summed E-state index contributed by atoms with van der Waals surface area (Å²) in [4.78, 5) is 4.17. The molecule has 2 rings (SSSR count). The third-order valence-electron chi connectivity index (χ3n) is 2.32. The Morgan fingerprint density at radius 1 is 1.50 bits per heavy atom. The van der Waals surface area contributed by atoms with Crippen LogP contribution in [0.15, 0.2) is 24.5 Å². The smallest absolute Gasteiger partial charge is 0.144 e. The van der Waals surface area contributed by atoms with Crippen LogP contribution >= 0.6 is 0 Å². The molecular weight excluding hydrogens is 174 g/mol. The fraction of sp³-hybridized carbons (Fsp3) is 0.273. The molecule has 0 saturated carbocycles. The van der Waals surface area contributed by atoms with E-state index in [0.29, 0.717) is 11.6 Å². The molecule has 0 unspecified atom stereocenters. The van der Waals surface area contributed by atoms with Crippen molar-refractivity contribution in [3.8, 4) is 6.07 Å². The highest BCUT2D eigenvalue weighted by atomic mass is 15.0. The summed E-state index contributed by atoms with van der Waals surface area (Å²) in [5, 5.41) is 8.79. The fourth-order valence-corrected chi connectivity index (χ4v) is 1.44. The van der Waals surface area contributed by atoms with Gasteiger partial charge in [-0.25, -0.2) is 4.98 Å². The van der Waals surface area contributed by atoms with Gasteiger partial charge < -0.3 is 0 Å². The lowest BCUT2D eigenvalue weighted by Crippen LogP contribution is -1.92. The number of pyridine rings is 1. The van der Waals surface area contributed by atoms with Gasteiger partial charge in [-0.15, -0.1) is 0 Å². The Hall–Kier alpha value is -1.82. The number of nitriles is 1. The van der Waals surface area contributed by atoms with Gasteiger partial charge in [0.05, 0.1) is 6.20 Å². The van der Waals surface area contributed by atoms with E-state index in [1.165, 1.54) is 5.56 Å². The molecule has 14 heavy (non-hydrogen) atoms. The Balaban J connectivity index is 2.64. The van der Waals surface area contributed by atoms with E-state index in [1.807, 2.05) is 18.3 Å². The van der Waals surface area contributed by atoms with Gasteiger partial charge in [0.25, 0.3) is 0 Å². The molecule has 0 fully saturated rings. The number of imidazole rings is 1. The molecule has 0 saturated heterocycles. The molecule has 3 heteroatoms. The number of hydrogen-bond acceptors (Lipinski definition) is 2. The van der Waals surface area contributed by atoms with E-state index < -0.39 is 0 Å². The number of hydrogen-bond donors (Lipinski definition) is 0. The van der Waals surface area contributed by atoms with E-state index >= 15 is 0 Å². The zero-order valence-corrected chi connectivity index (χ0v) is 8.23.